The van der Waals surface area contributed by atoms with Gasteiger partial charge in [-0.05, 0) is 24.3 Å². The highest BCUT2D eigenvalue weighted by atomic mass is 16.2. The maximum Gasteiger partial charge on any atom is 0.273 e. The van der Waals surface area contributed by atoms with Crippen molar-refractivity contribution in [3.05, 3.63) is 42.2 Å². The van der Waals surface area contributed by atoms with Gasteiger partial charge in [-0.25, -0.2) is 0 Å². The number of aromatic nitrogens is 1. The maximum atomic E-state index is 13.2. The summed E-state index contributed by atoms with van der Waals surface area (Å²) in [5.41, 5.74) is 0.434. The molecule has 2 aromatic rings. The molecular formula is C20H23N3O2. The molecule has 1 aliphatic heterocycles. The van der Waals surface area contributed by atoms with Gasteiger partial charge in [-0.3, -0.25) is 14.6 Å². The maximum absolute atomic E-state index is 13.2. The summed E-state index contributed by atoms with van der Waals surface area (Å²) in [4.78, 5) is 31.8. The average Bonchev–Trinajstić information content (AvgIpc) is 3.28. The second-order valence-electron chi connectivity index (χ2n) is 7.30. The molecular weight excluding hydrogens is 314 g/mol. The van der Waals surface area contributed by atoms with E-state index in [1.807, 2.05) is 35.2 Å². The summed E-state index contributed by atoms with van der Waals surface area (Å²) in [5, 5.41) is 4.68. The highest BCUT2D eigenvalue weighted by molar-refractivity contribution is 6.05. The first-order chi connectivity index (χ1) is 12.1. The van der Waals surface area contributed by atoms with Crippen molar-refractivity contribution in [2.24, 2.45) is 11.3 Å². The smallest absolute Gasteiger partial charge is 0.273 e. The standard InChI is InChI=1S/C20H23N3O2/c1-21-18(24)16-12-23(13-20(16)9-4-5-10-20)19(25)17-15-7-3-2-6-14(15)8-11-22-17/h2-3,6-8,11,16H,4-5,9-10,12-13H2,1H3,(H,21,24). The Kier molecular flexibility index (Phi) is 3.94. The van der Waals surface area contributed by atoms with E-state index in [4.69, 9.17) is 0 Å². The predicted molar refractivity (Wildman–Crippen MR) is 96.1 cm³/mol. The number of rotatable bonds is 2. The van der Waals surface area contributed by atoms with Crippen LogP contribution in [0.15, 0.2) is 36.5 Å². The largest absolute Gasteiger partial charge is 0.359 e. The van der Waals surface area contributed by atoms with Gasteiger partial charge in [0.25, 0.3) is 5.91 Å². The van der Waals surface area contributed by atoms with E-state index in [1.54, 1.807) is 13.2 Å². The Bertz CT molecular complexity index is 821. The van der Waals surface area contributed by atoms with Crippen molar-refractivity contribution in [3.63, 3.8) is 0 Å². The van der Waals surface area contributed by atoms with Crippen LogP contribution in [0.5, 0.6) is 0 Å². The molecule has 1 saturated carbocycles. The molecule has 1 saturated heterocycles. The quantitative estimate of drug-likeness (QED) is 0.916. The zero-order chi connectivity index (χ0) is 17.4. The Labute approximate surface area is 147 Å². The first-order valence-corrected chi connectivity index (χ1v) is 8.99. The predicted octanol–water partition coefficient (Wildman–Crippen LogP) is 2.61. The summed E-state index contributed by atoms with van der Waals surface area (Å²) in [6.07, 6.45) is 6.02. The van der Waals surface area contributed by atoms with Crippen LogP contribution in [0, 0.1) is 11.3 Å². The van der Waals surface area contributed by atoms with E-state index in [2.05, 4.69) is 10.3 Å². The molecule has 0 bridgehead atoms. The molecule has 2 fully saturated rings. The summed E-state index contributed by atoms with van der Waals surface area (Å²) in [7, 11) is 1.68. The molecule has 1 unspecified atom stereocenters. The molecule has 2 heterocycles. The lowest BCUT2D eigenvalue weighted by molar-refractivity contribution is -0.127. The number of amides is 2. The summed E-state index contributed by atoms with van der Waals surface area (Å²) in [6, 6.07) is 9.73. The third-order valence-electron chi connectivity index (χ3n) is 5.97. The molecule has 1 aromatic heterocycles. The van der Waals surface area contributed by atoms with E-state index in [9.17, 15) is 9.59 Å². The molecule has 1 aromatic carbocycles. The first kappa shape index (κ1) is 16.1. The fraction of sp³-hybridized carbons (Fsp3) is 0.450. The van der Waals surface area contributed by atoms with Gasteiger partial charge in [0.05, 0.1) is 5.92 Å². The van der Waals surface area contributed by atoms with E-state index < -0.39 is 0 Å². The highest BCUT2D eigenvalue weighted by Gasteiger charge is 2.52. The molecule has 130 valence electrons. The van der Waals surface area contributed by atoms with Crippen LogP contribution in [0.25, 0.3) is 10.8 Å². The van der Waals surface area contributed by atoms with Crippen molar-refractivity contribution < 1.29 is 9.59 Å². The van der Waals surface area contributed by atoms with Crippen molar-refractivity contribution in [3.8, 4) is 0 Å². The van der Waals surface area contributed by atoms with Gasteiger partial charge in [0.15, 0.2) is 0 Å². The second kappa shape index (κ2) is 6.14. The van der Waals surface area contributed by atoms with Crippen LogP contribution in [0.1, 0.15) is 36.2 Å². The van der Waals surface area contributed by atoms with Crippen LogP contribution in [-0.4, -0.2) is 41.8 Å². The van der Waals surface area contributed by atoms with E-state index >= 15 is 0 Å². The van der Waals surface area contributed by atoms with Gasteiger partial charge < -0.3 is 10.2 Å². The highest BCUT2D eigenvalue weighted by Crippen LogP contribution is 2.49. The zero-order valence-electron chi connectivity index (χ0n) is 14.5. The molecule has 25 heavy (non-hydrogen) atoms. The number of hydrogen-bond acceptors (Lipinski definition) is 3. The van der Waals surface area contributed by atoms with Gasteiger partial charge in [0.2, 0.25) is 5.91 Å². The molecule has 2 aliphatic rings. The Hall–Kier alpha value is -2.43. The SMILES string of the molecule is CNC(=O)C1CN(C(=O)c2nccc3ccccc23)CC12CCCC2. The fourth-order valence-corrected chi connectivity index (χ4v) is 4.68. The monoisotopic (exact) mass is 337 g/mol. The first-order valence-electron chi connectivity index (χ1n) is 8.99. The third-order valence-corrected chi connectivity index (χ3v) is 5.97. The van der Waals surface area contributed by atoms with Crippen molar-refractivity contribution in [2.75, 3.05) is 20.1 Å². The van der Waals surface area contributed by atoms with Gasteiger partial charge in [-0.15, -0.1) is 0 Å². The topological polar surface area (TPSA) is 62.3 Å². The Morgan fingerprint density at radius 3 is 2.72 bits per heavy atom. The minimum absolute atomic E-state index is 0.0552. The minimum Gasteiger partial charge on any atom is -0.359 e. The average molecular weight is 337 g/mol. The van der Waals surface area contributed by atoms with Crippen molar-refractivity contribution in [1.82, 2.24) is 15.2 Å². The number of hydrogen-bond donors (Lipinski definition) is 1. The number of nitrogens with zero attached hydrogens (tertiary/aromatic N) is 2. The lowest BCUT2D eigenvalue weighted by Gasteiger charge is -2.28. The molecule has 1 spiro atoms. The molecule has 1 atom stereocenters. The number of carbonyl (C=O) groups is 2. The minimum atomic E-state index is -0.112. The van der Waals surface area contributed by atoms with Crippen molar-refractivity contribution in [1.29, 1.82) is 0 Å². The van der Waals surface area contributed by atoms with Crippen LogP contribution >= 0.6 is 0 Å². The Morgan fingerprint density at radius 1 is 1.20 bits per heavy atom. The summed E-state index contributed by atoms with van der Waals surface area (Å²) in [6.45, 7) is 1.15. The number of fused-ring (bicyclic) bond motifs is 1. The molecule has 1 aliphatic carbocycles. The lowest BCUT2D eigenvalue weighted by Crippen LogP contribution is -2.38. The van der Waals surface area contributed by atoms with Gasteiger partial charge in [0.1, 0.15) is 5.69 Å². The molecule has 4 rings (SSSR count). The zero-order valence-corrected chi connectivity index (χ0v) is 14.5. The van der Waals surface area contributed by atoms with Crippen molar-refractivity contribution >= 4 is 22.6 Å². The molecule has 0 radical (unpaired) electrons. The Balaban J connectivity index is 1.68. The summed E-state index contributed by atoms with van der Waals surface area (Å²) in [5.74, 6) is -0.114. The lowest BCUT2D eigenvalue weighted by atomic mass is 9.76. The molecule has 5 heteroatoms. The summed E-state index contributed by atoms with van der Waals surface area (Å²) >= 11 is 0. The van der Waals surface area contributed by atoms with E-state index in [-0.39, 0.29) is 23.1 Å². The van der Waals surface area contributed by atoms with E-state index in [0.29, 0.717) is 18.8 Å². The second-order valence-corrected chi connectivity index (χ2v) is 7.30. The van der Waals surface area contributed by atoms with Gasteiger partial charge in [-0.2, -0.15) is 0 Å². The number of carbonyl (C=O) groups excluding carboxylic acids is 2. The molecule has 5 nitrogen and oxygen atoms in total. The van der Waals surface area contributed by atoms with Crippen LogP contribution in [-0.2, 0) is 4.79 Å². The number of pyridine rings is 1. The number of likely N-dealkylation sites (tertiary alicyclic amines) is 1. The Morgan fingerprint density at radius 2 is 1.96 bits per heavy atom. The molecule has 1 N–H and O–H groups in total. The normalized spacial score (nSPS) is 21.8. The van der Waals surface area contributed by atoms with E-state index in [0.717, 1.165) is 36.5 Å². The van der Waals surface area contributed by atoms with Crippen molar-refractivity contribution in [2.45, 2.75) is 25.7 Å². The van der Waals surface area contributed by atoms with Crippen LogP contribution in [0.2, 0.25) is 0 Å². The summed E-state index contributed by atoms with van der Waals surface area (Å²) < 4.78 is 0. The van der Waals surface area contributed by atoms with Crippen LogP contribution < -0.4 is 5.32 Å². The molecule has 2 amide bonds. The van der Waals surface area contributed by atoms with E-state index in [1.165, 1.54) is 0 Å². The fourth-order valence-electron chi connectivity index (χ4n) is 4.68. The third kappa shape index (κ3) is 2.58. The number of benzene rings is 1. The van der Waals surface area contributed by atoms with Crippen LogP contribution in [0.4, 0.5) is 0 Å². The van der Waals surface area contributed by atoms with Gasteiger partial charge in [0, 0.05) is 37.1 Å². The number of nitrogens with one attached hydrogen (secondary N) is 1. The van der Waals surface area contributed by atoms with Gasteiger partial charge in [-0.1, -0.05) is 37.1 Å². The van der Waals surface area contributed by atoms with Gasteiger partial charge >= 0.3 is 0 Å². The van der Waals surface area contributed by atoms with Crippen LogP contribution in [0.3, 0.4) is 0 Å².